The van der Waals surface area contributed by atoms with Crippen LogP contribution in [0.15, 0.2) is 0 Å². The quantitative estimate of drug-likeness (QED) is 0.635. The van der Waals surface area contributed by atoms with Gasteiger partial charge in [0.05, 0.1) is 0 Å². The maximum atomic E-state index is 3.48. The molecule has 0 aliphatic heterocycles. The minimum atomic E-state index is 0.599. The Bertz CT molecular complexity index is 215. The van der Waals surface area contributed by atoms with Crippen LogP contribution in [0.1, 0.15) is 72.1 Å². The molecule has 1 saturated carbocycles. The van der Waals surface area contributed by atoms with Crippen LogP contribution in [-0.4, -0.2) is 37.6 Å². The Kier molecular flexibility index (Phi) is 8.01. The van der Waals surface area contributed by atoms with Gasteiger partial charge >= 0.3 is 0 Å². The molecule has 0 atom stereocenters. The maximum absolute atomic E-state index is 3.48. The molecule has 0 aromatic rings. The van der Waals surface area contributed by atoms with E-state index in [1.165, 1.54) is 71.0 Å². The summed E-state index contributed by atoms with van der Waals surface area (Å²) in [4.78, 5) is 2.62. The van der Waals surface area contributed by atoms with Crippen LogP contribution in [0.3, 0.4) is 0 Å². The van der Waals surface area contributed by atoms with Crippen molar-refractivity contribution >= 4 is 0 Å². The minimum absolute atomic E-state index is 0.599. The van der Waals surface area contributed by atoms with Gasteiger partial charge in [-0.2, -0.15) is 0 Å². The number of hydrogen-bond donors (Lipinski definition) is 1. The summed E-state index contributed by atoms with van der Waals surface area (Å²) in [5, 5.41) is 3.48. The van der Waals surface area contributed by atoms with Gasteiger partial charge < -0.3 is 10.2 Å². The lowest BCUT2D eigenvalue weighted by Gasteiger charge is -2.38. The topological polar surface area (TPSA) is 15.3 Å². The molecule has 2 heteroatoms. The molecule has 1 fully saturated rings. The summed E-state index contributed by atoms with van der Waals surface area (Å²) >= 11 is 0. The van der Waals surface area contributed by atoms with Crippen LogP contribution in [0.25, 0.3) is 0 Å². The van der Waals surface area contributed by atoms with Crippen molar-refractivity contribution in [3.8, 4) is 0 Å². The zero-order chi connectivity index (χ0) is 14.1. The number of hydrogen-bond acceptors (Lipinski definition) is 2. The molecule has 0 bridgehead atoms. The fourth-order valence-corrected chi connectivity index (χ4v) is 3.10. The summed E-state index contributed by atoms with van der Waals surface area (Å²) in [5.41, 5.74) is 0.599. The fraction of sp³-hybridized carbons (Fsp3) is 1.00. The Morgan fingerprint density at radius 2 is 1.74 bits per heavy atom. The van der Waals surface area contributed by atoms with Gasteiger partial charge in [-0.1, -0.05) is 27.2 Å². The first-order valence-corrected chi connectivity index (χ1v) is 8.46. The average molecular weight is 268 g/mol. The molecular weight excluding hydrogens is 232 g/mol. The highest BCUT2D eigenvalue weighted by Gasteiger charge is 2.28. The summed E-state index contributed by atoms with van der Waals surface area (Å²) in [6, 6.07) is 0.853. The molecule has 1 aliphatic carbocycles. The summed E-state index contributed by atoms with van der Waals surface area (Å²) in [5.74, 6) is 0. The molecule has 0 saturated heterocycles. The zero-order valence-electron chi connectivity index (χ0n) is 13.8. The van der Waals surface area contributed by atoms with E-state index in [9.17, 15) is 0 Å². The van der Waals surface area contributed by atoms with Crippen molar-refractivity contribution in [1.82, 2.24) is 10.2 Å². The summed E-state index contributed by atoms with van der Waals surface area (Å²) in [7, 11) is 2.33. The van der Waals surface area contributed by atoms with Crippen molar-refractivity contribution in [2.45, 2.75) is 78.2 Å². The van der Waals surface area contributed by atoms with E-state index in [0.29, 0.717) is 5.41 Å². The monoisotopic (exact) mass is 268 g/mol. The Morgan fingerprint density at radius 1 is 1.05 bits per heavy atom. The van der Waals surface area contributed by atoms with Gasteiger partial charge in [-0.15, -0.1) is 0 Å². The van der Waals surface area contributed by atoms with Crippen molar-refractivity contribution in [2.24, 2.45) is 5.41 Å². The van der Waals surface area contributed by atoms with Crippen molar-refractivity contribution in [2.75, 3.05) is 26.7 Å². The fourth-order valence-electron chi connectivity index (χ4n) is 3.10. The molecule has 0 spiro atoms. The SMILES string of the molecule is CCCNCCCCCN(C)C1CCC(C)(C)CC1. The first-order valence-electron chi connectivity index (χ1n) is 8.46. The van der Waals surface area contributed by atoms with Crippen LogP contribution in [0.2, 0.25) is 0 Å². The molecular formula is C17H36N2. The molecule has 114 valence electrons. The van der Waals surface area contributed by atoms with Crippen molar-refractivity contribution in [1.29, 1.82) is 0 Å². The number of rotatable bonds is 9. The highest BCUT2D eigenvalue weighted by Crippen LogP contribution is 2.36. The molecule has 1 rings (SSSR count). The van der Waals surface area contributed by atoms with E-state index in [-0.39, 0.29) is 0 Å². The first kappa shape index (κ1) is 17.0. The Morgan fingerprint density at radius 3 is 2.37 bits per heavy atom. The van der Waals surface area contributed by atoms with Gasteiger partial charge in [0.25, 0.3) is 0 Å². The summed E-state index contributed by atoms with van der Waals surface area (Å²) < 4.78 is 0. The second kappa shape index (κ2) is 8.97. The van der Waals surface area contributed by atoms with Gasteiger partial charge in [0.1, 0.15) is 0 Å². The Balaban J connectivity index is 2.00. The molecule has 0 aromatic carbocycles. The molecule has 19 heavy (non-hydrogen) atoms. The van der Waals surface area contributed by atoms with Gasteiger partial charge in [0, 0.05) is 6.04 Å². The number of unbranched alkanes of at least 4 members (excludes halogenated alkanes) is 2. The van der Waals surface area contributed by atoms with Crippen LogP contribution < -0.4 is 5.32 Å². The Hall–Kier alpha value is -0.0800. The third-order valence-corrected chi connectivity index (χ3v) is 4.72. The van der Waals surface area contributed by atoms with E-state index in [0.717, 1.165) is 6.04 Å². The van der Waals surface area contributed by atoms with Crippen LogP contribution in [0.4, 0.5) is 0 Å². The van der Waals surface area contributed by atoms with Crippen molar-refractivity contribution in [3.63, 3.8) is 0 Å². The first-order chi connectivity index (χ1) is 9.05. The average Bonchev–Trinajstić information content (AvgIpc) is 2.37. The molecule has 1 N–H and O–H groups in total. The van der Waals surface area contributed by atoms with Gasteiger partial charge in [-0.05, 0) is 77.0 Å². The smallest absolute Gasteiger partial charge is 0.00926 e. The number of nitrogens with zero attached hydrogens (tertiary/aromatic N) is 1. The third-order valence-electron chi connectivity index (χ3n) is 4.72. The third kappa shape index (κ3) is 7.31. The second-order valence-electron chi connectivity index (χ2n) is 7.19. The van der Waals surface area contributed by atoms with E-state index in [1.54, 1.807) is 0 Å². The van der Waals surface area contributed by atoms with Crippen LogP contribution in [-0.2, 0) is 0 Å². The lowest BCUT2D eigenvalue weighted by molar-refractivity contribution is 0.126. The lowest BCUT2D eigenvalue weighted by atomic mass is 9.75. The molecule has 1 aliphatic rings. The second-order valence-corrected chi connectivity index (χ2v) is 7.19. The molecule has 0 heterocycles. The van der Waals surface area contributed by atoms with Crippen molar-refractivity contribution < 1.29 is 0 Å². The highest BCUT2D eigenvalue weighted by atomic mass is 15.1. The van der Waals surface area contributed by atoms with E-state index >= 15 is 0 Å². The zero-order valence-corrected chi connectivity index (χ0v) is 13.8. The van der Waals surface area contributed by atoms with Crippen LogP contribution in [0, 0.1) is 5.41 Å². The van der Waals surface area contributed by atoms with E-state index in [2.05, 4.69) is 38.0 Å². The van der Waals surface area contributed by atoms with Gasteiger partial charge in [0.2, 0.25) is 0 Å². The van der Waals surface area contributed by atoms with Crippen molar-refractivity contribution in [3.05, 3.63) is 0 Å². The minimum Gasteiger partial charge on any atom is -0.317 e. The highest BCUT2D eigenvalue weighted by molar-refractivity contribution is 4.82. The van der Waals surface area contributed by atoms with Crippen LogP contribution in [0.5, 0.6) is 0 Å². The van der Waals surface area contributed by atoms with Gasteiger partial charge in [0.15, 0.2) is 0 Å². The summed E-state index contributed by atoms with van der Waals surface area (Å²) in [6.45, 7) is 10.7. The predicted molar refractivity (Wildman–Crippen MR) is 85.7 cm³/mol. The molecule has 2 nitrogen and oxygen atoms in total. The van der Waals surface area contributed by atoms with E-state index < -0.39 is 0 Å². The molecule has 0 radical (unpaired) electrons. The standard InChI is InChI=1S/C17H36N2/c1-5-13-18-14-7-6-8-15-19(4)16-9-11-17(2,3)12-10-16/h16,18H,5-15H2,1-4H3. The number of nitrogens with one attached hydrogen (secondary N) is 1. The van der Waals surface area contributed by atoms with Gasteiger partial charge in [-0.3, -0.25) is 0 Å². The van der Waals surface area contributed by atoms with E-state index in [4.69, 9.17) is 0 Å². The lowest BCUT2D eigenvalue weighted by Crippen LogP contribution is -2.37. The largest absolute Gasteiger partial charge is 0.317 e. The molecule has 0 unspecified atom stereocenters. The molecule has 0 aromatic heterocycles. The maximum Gasteiger partial charge on any atom is 0.00926 e. The Labute approximate surface area is 121 Å². The molecule has 0 amide bonds. The van der Waals surface area contributed by atoms with Gasteiger partial charge in [-0.25, -0.2) is 0 Å². The predicted octanol–water partition coefficient (Wildman–Crippen LogP) is 4.06. The normalized spacial score (nSPS) is 20.1. The summed E-state index contributed by atoms with van der Waals surface area (Å²) in [6.07, 6.45) is 10.9. The van der Waals surface area contributed by atoms with Crippen LogP contribution >= 0.6 is 0 Å². The van der Waals surface area contributed by atoms with E-state index in [1.807, 2.05) is 0 Å².